The van der Waals surface area contributed by atoms with Gasteiger partial charge in [0.05, 0.1) is 16.2 Å². The zero-order chi connectivity index (χ0) is 27.5. The van der Waals surface area contributed by atoms with Gasteiger partial charge in [0.25, 0.3) is 0 Å². The van der Waals surface area contributed by atoms with Gasteiger partial charge in [-0.15, -0.1) is 11.8 Å². The first kappa shape index (κ1) is 26.3. The summed E-state index contributed by atoms with van der Waals surface area (Å²) in [7, 11) is 3.77. The lowest BCUT2D eigenvalue weighted by atomic mass is 9.63. The standard InChI is InChI=1S/C29H26F4N2O2S/c1-29(2)18-11-15(35(3)4)7-8-16(18)22(17-10-14-6-5-9-34-20(14)12-19(17)29)23-24(30)26(32)28(27(33)25(23)31)38-13-21(36)37/h7-8,10-12H,5-6,9,13H2,1-4H3,(H,36,37)/p+1. The molecule has 0 amide bonds. The third kappa shape index (κ3) is 4.08. The third-order valence-electron chi connectivity index (χ3n) is 7.40. The van der Waals surface area contributed by atoms with Crippen molar-refractivity contribution >= 4 is 34.7 Å². The summed E-state index contributed by atoms with van der Waals surface area (Å²) in [5.41, 5.74) is 4.03. The van der Waals surface area contributed by atoms with E-state index in [2.05, 4.69) is 5.32 Å². The first-order valence-corrected chi connectivity index (χ1v) is 13.2. The van der Waals surface area contributed by atoms with Crippen LogP contribution in [0.15, 0.2) is 46.4 Å². The lowest BCUT2D eigenvalue weighted by Crippen LogP contribution is -2.31. The van der Waals surface area contributed by atoms with Gasteiger partial charge in [0.1, 0.15) is 14.1 Å². The summed E-state index contributed by atoms with van der Waals surface area (Å²) in [4.78, 5) is 9.96. The highest BCUT2D eigenvalue weighted by molar-refractivity contribution is 8.00. The van der Waals surface area contributed by atoms with Gasteiger partial charge in [0.2, 0.25) is 0 Å². The average molecular weight is 544 g/mol. The highest BCUT2D eigenvalue weighted by Crippen LogP contribution is 2.52. The third-order valence-corrected chi connectivity index (χ3v) is 8.44. The molecule has 2 aromatic rings. The van der Waals surface area contributed by atoms with E-state index in [0.29, 0.717) is 11.1 Å². The fourth-order valence-corrected chi connectivity index (χ4v) is 6.14. The maximum atomic E-state index is 15.8. The van der Waals surface area contributed by atoms with Gasteiger partial charge >= 0.3 is 5.97 Å². The number of rotatable bonds is 4. The fourth-order valence-electron chi connectivity index (χ4n) is 5.44. The minimum atomic E-state index is -1.60. The van der Waals surface area contributed by atoms with Crippen LogP contribution in [0.5, 0.6) is 0 Å². The van der Waals surface area contributed by atoms with Gasteiger partial charge in [0.15, 0.2) is 29.0 Å². The highest BCUT2D eigenvalue weighted by atomic mass is 32.2. The normalized spacial score (nSPS) is 17.4. The predicted octanol–water partition coefficient (Wildman–Crippen LogP) is 6.08. The molecule has 0 saturated heterocycles. The molecule has 9 heteroatoms. The van der Waals surface area contributed by atoms with Crippen LogP contribution in [0.2, 0.25) is 0 Å². The maximum Gasteiger partial charge on any atom is 0.313 e. The van der Waals surface area contributed by atoms with Crippen LogP contribution in [0.1, 0.15) is 42.5 Å². The number of nitrogens with one attached hydrogen (secondary N) is 1. The topological polar surface area (TPSA) is 52.3 Å². The van der Waals surface area contributed by atoms with Crippen molar-refractivity contribution in [2.24, 2.45) is 0 Å². The SMILES string of the molecule is C[N+](C)=C1C=CC2=C(c3c(F)c(F)c(SCC(=O)O)c(F)c3F)c3cc4c(cc3C(C)(C)C2=C1)NCCC4. The smallest absolute Gasteiger partial charge is 0.313 e. The Labute approximate surface area is 222 Å². The van der Waals surface area contributed by atoms with Crippen molar-refractivity contribution < 1.29 is 32.0 Å². The van der Waals surface area contributed by atoms with E-state index in [9.17, 15) is 4.79 Å². The van der Waals surface area contributed by atoms with Crippen LogP contribution in [-0.2, 0) is 16.6 Å². The lowest BCUT2D eigenvalue weighted by molar-refractivity contribution is -0.462. The van der Waals surface area contributed by atoms with Gasteiger partial charge in [0, 0.05) is 35.4 Å². The Morgan fingerprint density at radius 2 is 1.76 bits per heavy atom. The van der Waals surface area contributed by atoms with Crippen LogP contribution in [-0.4, -0.2) is 47.8 Å². The fraction of sp³-hybridized carbons (Fsp3) is 0.310. The van der Waals surface area contributed by atoms with Crippen molar-refractivity contribution in [1.29, 1.82) is 0 Å². The summed E-state index contributed by atoms with van der Waals surface area (Å²) in [6.07, 6.45) is 7.12. The molecule has 0 saturated carbocycles. The van der Waals surface area contributed by atoms with Crippen LogP contribution in [0, 0.1) is 23.3 Å². The van der Waals surface area contributed by atoms with Crippen molar-refractivity contribution in [3.8, 4) is 0 Å². The number of carbonyl (C=O) groups is 1. The molecular formula is C29H27F4N2O2S+. The van der Waals surface area contributed by atoms with Crippen molar-refractivity contribution in [2.45, 2.75) is 37.0 Å². The van der Waals surface area contributed by atoms with Gasteiger partial charge in [-0.3, -0.25) is 4.79 Å². The summed E-state index contributed by atoms with van der Waals surface area (Å²) >= 11 is 0.208. The van der Waals surface area contributed by atoms with Crippen LogP contribution < -0.4 is 5.32 Å². The molecule has 2 N–H and O–H groups in total. The molecule has 2 aromatic carbocycles. The largest absolute Gasteiger partial charge is 0.481 e. The van der Waals surface area contributed by atoms with Gasteiger partial charge in [-0.25, -0.2) is 22.1 Å². The zero-order valence-corrected chi connectivity index (χ0v) is 22.3. The number of hydrogen-bond donors (Lipinski definition) is 2. The van der Waals surface area contributed by atoms with Crippen LogP contribution in [0.3, 0.4) is 0 Å². The number of allylic oxidation sites excluding steroid dienone is 5. The molecule has 0 bridgehead atoms. The summed E-state index contributed by atoms with van der Waals surface area (Å²) in [6.45, 7) is 4.85. The van der Waals surface area contributed by atoms with Crippen molar-refractivity contribution in [3.63, 3.8) is 0 Å². The molecule has 0 unspecified atom stereocenters. The maximum absolute atomic E-state index is 15.8. The molecule has 0 atom stereocenters. The Morgan fingerprint density at radius 1 is 1.08 bits per heavy atom. The number of hydrogen-bond acceptors (Lipinski definition) is 3. The first-order chi connectivity index (χ1) is 17.9. The number of thioether (sulfide) groups is 1. The monoisotopic (exact) mass is 543 g/mol. The van der Waals surface area contributed by atoms with E-state index in [1.54, 1.807) is 12.2 Å². The van der Waals surface area contributed by atoms with Crippen LogP contribution >= 0.6 is 11.8 Å². The second-order valence-corrected chi connectivity index (χ2v) is 11.3. The number of aliphatic carboxylic acids is 1. The minimum Gasteiger partial charge on any atom is -0.481 e. The van der Waals surface area contributed by atoms with Crippen molar-refractivity contribution in [3.05, 3.63) is 87.0 Å². The van der Waals surface area contributed by atoms with E-state index >= 15 is 17.6 Å². The van der Waals surface area contributed by atoms with Gasteiger partial charge in [-0.05, 0) is 58.9 Å². The molecule has 1 aliphatic heterocycles. The van der Waals surface area contributed by atoms with Crippen molar-refractivity contribution in [2.75, 3.05) is 31.7 Å². The number of fused-ring (bicyclic) bond motifs is 3. The van der Waals surface area contributed by atoms with Gasteiger partial charge < -0.3 is 10.4 Å². The average Bonchev–Trinajstić information content (AvgIpc) is 2.88. The molecule has 198 valence electrons. The number of carboxylic acid groups (broad SMARTS) is 1. The summed E-state index contributed by atoms with van der Waals surface area (Å²) in [6, 6.07) is 3.85. The number of halogens is 4. The summed E-state index contributed by atoms with van der Waals surface area (Å²) in [5.74, 6) is -8.40. The lowest BCUT2D eigenvalue weighted by Gasteiger charge is -2.40. The molecule has 3 aliphatic rings. The predicted molar refractivity (Wildman–Crippen MR) is 141 cm³/mol. The Hall–Kier alpha value is -3.33. The van der Waals surface area contributed by atoms with E-state index < -0.39 is 50.9 Å². The minimum absolute atomic E-state index is 0.0792. The van der Waals surface area contributed by atoms with E-state index in [4.69, 9.17) is 5.11 Å². The van der Waals surface area contributed by atoms with Crippen LogP contribution in [0.25, 0.3) is 5.57 Å². The molecule has 5 rings (SSSR count). The molecule has 1 heterocycles. The molecule has 0 aromatic heterocycles. The summed E-state index contributed by atoms with van der Waals surface area (Å²) in [5, 5.41) is 12.3. The second kappa shape index (κ2) is 9.45. The number of anilines is 1. The van der Waals surface area contributed by atoms with E-state index in [1.807, 2.05) is 50.7 Å². The molecule has 0 fully saturated rings. The molecule has 0 radical (unpaired) electrons. The van der Waals surface area contributed by atoms with E-state index in [1.165, 1.54) is 0 Å². The van der Waals surface area contributed by atoms with Crippen LogP contribution in [0.4, 0.5) is 23.2 Å². The number of benzene rings is 2. The Morgan fingerprint density at radius 3 is 2.39 bits per heavy atom. The number of nitrogens with zero attached hydrogens (tertiary/aromatic N) is 1. The Bertz CT molecular complexity index is 1500. The van der Waals surface area contributed by atoms with Gasteiger partial charge in [-0.1, -0.05) is 13.8 Å². The summed E-state index contributed by atoms with van der Waals surface area (Å²) < 4.78 is 63.9. The van der Waals surface area contributed by atoms with Gasteiger partial charge in [-0.2, -0.15) is 0 Å². The number of aryl methyl sites for hydroxylation is 1. The highest BCUT2D eigenvalue weighted by Gasteiger charge is 2.42. The molecule has 0 spiro atoms. The Balaban J connectivity index is 1.86. The molecular weight excluding hydrogens is 516 g/mol. The van der Waals surface area contributed by atoms with E-state index in [-0.39, 0.29) is 17.3 Å². The molecule has 2 aliphatic carbocycles. The zero-order valence-electron chi connectivity index (χ0n) is 21.4. The second-order valence-electron chi connectivity index (χ2n) is 10.4. The van der Waals surface area contributed by atoms with Crippen molar-refractivity contribution in [1.82, 2.24) is 0 Å². The Kier molecular flexibility index (Phi) is 6.54. The molecule has 38 heavy (non-hydrogen) atoms. The van der Waals surface area contributed by atoms with E-state index in [0.717, 1.165) is 47.5 Å². The first-order valence-electron chi connectivity index (χ1n) is 12.2. The number of carboxylic acids is 1. The molecule has 4 nitrogen and oxygen atoms in total. The quantitative estimate of drug-likeness (QED) is 0.212.